The highest BCUT2D eigenvalue weighted by atomic mass is 16.5. The second-order valence-corrected chi connectivity index (χ2v) is 7.02. The molecule has 0 aliphatic carbocycles. The molecular weight excluding hydrogens is 366 g/mol. The molecule has 1 saturated heterocycles. The van der Waals surface area contributed by atoms with Crippen molar-refractivity contribution in [2.75, 3.05) is 45.3 Å². The molecule has 156 valence electrons. The topological polar surface area (TPSA) is 71.0 Å². The Kier molecular flexibility index (Phi) is 7.55. The van der Waals surface area contributed by atoms with Gasteiger partial charge in [-0.2, -0.15) is 0 Å². The van der Waals surface area contributed by atoms with Gasteiger partial charge in [-0.3, -0.25) is 9.98 Å². The van der Waals surface area contributed by atoms with Crippen LogP contribution in [-0.4, -0.2) is 57.4 Å². The summed E-state index contributed by atoms with van der Waals surface area (Å²) in [5, 5.41) is 6.93. The summed E-state index contributed by atoms with van der Waals surface area (Å²) in [5.41, 5.74) is 2.31. The van der Waals surface area contributed by atoms with Crippen molar-refractivity contribution in [3.8, 4) is 11.5 Å². The average molecular weight is 398 g/mol. The molecule has 7 nitrogen and oxygen atoms in total. The van der Waals surface area contributed by atoms with Gasteiger partial charge in [-0.15, -0.1) is 0 Å². The number of rotatable bonds is 8. The molecule has 1 fully saturated rings. The molecule has 2 N–H and O–H groups in total. The largest absolute Gasteiger partial charge is 0.497 e. The van der Waals surface area contributed by atoms with Crippen molar-refractivity contribution in [1.29, 1.82) is 0 Å². The monoisotopic (exact) mass is 397 g/mol. The van der Waals surface area contributed by atoms with Crippen LogP contribution in [0.25, 0.3) is 0 Å². The Hall–Kier alpha value is -2.96. The van der Waals surface area contributed by atoms with E-state index < -0.39 is 0 Å². The fourth-order valence-corrected chi connectivity index (χ4v) is 3.44. The number of guanidine groups is 1. The van der Waals surface area contributed by atoms with Gasteiger partial charge >= 0.3 is 0 Å². The van der Waals surface area contributed by atoms with Gasteiger partial charge in [0.05, 0.1) is 14.2 Å². The molecule has 1 aliphatic heterocycles. The number of anilines is 1. The third-order valence-electron chi connectivity index (χ3n) is 4.97. The molecule has 7 heteroatoms. The normalized spacial score (nSPS) is 16.6. The maximum Gasteiger partial charge on any atom is 0.191 e. The molecule has 2 heterocycles. The van der Waals surface area contributed by atoms with Gasteiger partial charge in [-0.05, 0) is 31.4 Å². The van der Waals surface area contributed by atoms with Crippen LogP contribution >= 0.6 is 0 Å². The lowest BCUT2D eigenvalue weighted by molar-refractivity contribution is 0.394. The van der Waals surface area contributed by atoms with Crippen molar-refractivity contribution in [1.82, 2.24) is 15.6 Å². The van der Waals surface area contributed by atoms with Crippen LogP contribution in [0, 0.1) is 0 Å². The van der Waals surface area contributed by atoms with Crippen LogP contribution < -0.4 is 25.0 Å². The first-order valence-electron chi connectivity index (χ1n) is 10.1. The zero-order chi connectivity index (χ0) is 20.5. The van der Waals surface area contributed by atoms with Crippen molar-refractivity contribution in [3.63, 3.8) is 0 Å². The zero-order valence-corrected chi connectivity index (χ0v) is 17.5. The van der Waals surface area contributed by atoms with Crippen LogP contribution in [0.15, 0.2) is 47.7 Å². The van der Waals surface area contributed by atoms with Crippen LogP contribution in [0.5, 0.6) is 11.5 Å². The Morgan fingerprint density at radius 1 is 1.24 bits per heavy atom. The van der Waals surface area contributed by atoms with E-state index in [0.717, 1.165) is 62.2 Å². The van der Waals surface area contributed by atoms with Crippen LogP contribution in [0.3, 0.4) is 0 Å². The molecule has 0 spiro atoms. The number of methoxy groups -OCH3 is 2. The van der Waals surface area contributed by atoms with Crippen LogP contribution in [-0.2, 0) is 6.42 Å². The van der Waals surface area contributed by atoms with Crippen molar-refractivity contribution in [2.24, 2.45) is 4.99 Å². The number of aliphatic imine (C=N–C) groups is 1. The van der Waals surface area contributed by atoms with Crippen molar-refractivity contribution in [2.45, 2.75) is 25.8 Å². The molecular formula is C22H31N5O2. The lowest BCUT2D eigenvalue weighted by atomic mass is 10.2. The summed E-state index contributed by atoms with van der Waals surface area (Å²) in [5.74, 6) is 2.48. The molecule has 1 aromatic heterocycles. The number of nitrogens with one attached hydrogen (secondary N) is 2. The average Bonchev–Trinajstić information content (AvgIpc) is 3.23. The molecule has 1 aliphatic rings. The highest BCUT2D eigenvalue weighted by molar-refractivity contribution is 5.80. The number of pyridine rings is 1. The number of hydrogen-bond donors (Lipinski definition) is 2. The zero-order valence-electron chi connectivity index (χ0n) is 17.5. The van der Waals surface area contributed by atoms with E-state index >= 15 is 0 Å². The summed E-state index contributed by atoms with van der Waals surface area (Å²) >= 11 is 0. The molecule has 0 amide bonds. The Morgan fingerprint density at radius 3 is 2.69 bits per heavy atom. The van der Waals surface area contributed by atoms with E-state index in [-0.39, 0.29) is 0 Å². The number of hydrogen-bond acceptors (Lipinski definition) is 5. The first kappa shape index (κ1) is 20.8. The molecule has 1 aromatic carbocycles. The number of aromatic nitrogens is 1. The third-order valence-corrected chi connectivity index (χ3v) is 4.97. The van der Waals surface area contributed by atoms with Gasteiger partial charge in [-0.25, -0.2) is 0 Å². The fraction of sp³-hybridized carbons (Fsp3) is 0.455. The number of benzene rings is 1. The van der Waals surface area contributed by atoms with Gasteiger partial charge in [0.2, 0.25) is 0 Å². The van der Waals surface area contributed by atoms with Crippen molar-refractivity contribution in [3.05, 3.63) is 48.3 Å². The summed E-state index contributed by atoms with van der Waals surface area (Å²) in [4.78, 5) is 11.2. The van der Waals surface area contributed by atoms with Gasteiger partial charge in [-0.1, -0.05) is 6.07 Å². The summed E-state index contributed by atoms with van der Waals surface area (Å²) in [6.07, 6.45) is 5.62. The first-order valence-corrected chi connectivity index (χ1v) is 10.1. The van der Waals surface area contributed by atoms with Gasteiger partial charge in [0, 0.05) is 68.5 Å². The molecule has 2 aromatic rings. The molecule has 0 bridgehead atoms. The van der Waals surface area contributed by atoms with E-state index in [1.54, 1.807) is 20.4 Å². The Bertz CT molecular complexity index is 775. The van der Waals surface area contributed by atoms with Gasteiger partial charge < -0.3 is 25.0 Å². The van der Waals surface area contributed by atoms with Crippen molar-refractivity contribution < 1.29 is 9.47 Å². The molecule has 1 atom stereocenters. The summed E-state index contributed by atoms with van der Waals surface area (Å²) in [7, 11) is 3.36. The number of nitrogens with zero attached hydrogens (tertiary/aromatic N) is 3. The maximum absolute atomic E-state index is 5.41. The quantitative estimate of drug-likeness (QED) is 0.527. The second-order valence-electron chi connectivity index (χ2n) is 7.02. The van der Waals surface area contributed by atoms with E-state index in [0.29, 0.717) is 6.04 Å². The SMILES string of the molecule is CCNC(=NCCc1cccnc1)NC1CCN(c2cc(OC)cc(OC)c2)C1. The minimum Gasteiger partial charge on any atom is -0.497 e. The maximum atomic E-state index is 5.41. The fourth-order valence-electron chi connectivity index (χ4n) is 3.44. The number of ether oxygens (including phenoxy) is 2. The minimum absolute atomic E-state index is 0.336. The van der Waals surface area contributed by atoms with E-state index in [1.807, 2.05) is 18.3 Å². The second kappa shape index (κ2) is 10.5. The van der Waals surface area contributed by atoms with Crippen LogP contribution in [0.1, 0.15) is 18.9 Å². The summed E-state index contributed by atoms with van der Waals surface area (Å²) in [6, 6.07) is 10.4. The lowest BCUT2D eigenvalue weighted by Gasteiger charge is -2.21. The standard InChI is InChI=1S/C22H31N5O2/c1-4-24-22(25-10-7-17-6-5-9-23-15-17)26-18-8-11-27(16-18)19-12-20(28-2)14-21(13-19)29-3/h5-6,9,12-15,18H,4,7-8,10-11,16H2,1-3H3,(H2,24,25,26). The molecule has 0 saturated carbocycles. The van der Waals surface area contributed by atoms with E-state index in [9.17, 15) is 0 Å². The summed E-state index contributed by atoms with van der Waals surface area (Å²) in [6.45, 7) is 5.53. The summed E-state index contributed by atoms with van der Waals surface area (Å²) < 4.78 is 10.8. The Balaban J connectivity index is 1.58. The highest BCUT2D eigenvalue weighted by Crippen LogP contribution is 2.30. The van der Waals surface area contributed by atoms with Gasteiger partial charge in [0.1, 0.15) is 11.5 Å². The Labute approximate surface area is 173 Å². The third kappa shape index (κ3) is 6.01. The lowest BCUT2D eigenvalue weighted by Crippen LogP contribution is -2.44. The van der Waals surface area contributed by atoms with E-state index in [4.69, 9.17) is 14.5 Å². The highest BCUT2D eigenvalue weighted by Gasteiger charge is 2.24. The van der Waals surface area contributed by atoms with Crippen LogP contribution in [0.2, 0.25) is 0 Å². The molecule has 3 rings (SSSR count). The van der Waals surface area contributed by atoms with Gasteiger partial charge in [0.25, 0.3) is 0 Å². The van der Waals surface area contributed by atoms with E-state index in [2.05, 4.69) is 45.6 Å². The van der Waals surface area contributed by atoms with Crippen LogP contribution in [0.4, 0.5) is 5.69 Å². The smallest absolute Gasteiger partial charge is 0.191 e. The van der Waals surface area contributed by atoms with Crippen molar-refractivity contribution >= 4 is 11.6 Å². The molecule has 1 unspecified atom stereocenters. The van der Waals surface area contributed by atoms with E-state index in [1.165, 1.54) is 5.56 Å². The molecule has 0 radical (unpaired) electrons. The Morgan fingerprint density at radius 2 is 2.03 bits per heavy atom. The minimum atomic E-state index is 0.336. The van der Waals surface area contributed by atoms with Gasteiger partial charge in [0.15, 0.2) is 5.96 Å². The first-order chi connectivity index (χ1) is 14.2. The molecule has 29 heavy (non-hydrogen) atoms. The predicted octanol–water partition coefficient (Wildman–Crippen LogP) is 2.48. The predicted molar refractivity (Wildman–Crippen MR) is 117 cm³/mol.